The second-order valence-corrected chi connectivity index (χ2v) is 7.81. The van der Waals surface area contributed by atoms with Crippen LogP contribution in [-0.2, 0) is 11.2 Å². The van der Waals surface area contributed by atoms with Gasteiger partial charge in [-0.05, 0) is 41.1 Å². The lowest BCUT2D eigenvalue weighted by atomic mass is 10.3. The van der Waals surface area contributed by atoms with Crippen LogP contribution >= 0.6 is 33.9 Å². The van der Waals surface area contributed by atoms with Crippen LogP contribution in [0.25, 0.3) is 0 Å². The van der Waals surface area contributed by atoms with Gasteiger partial charge < -0.3 is 15.0 Å². The van der Waals surface area contributed by atoms with Gasteiger partial charge in [-0.25, -0.2) is 9.97 Å². The molecule has 7 heteroatoms. The fourth-order valence-electron chi connectivity index (χ4n) is 2.21. The lowest BCUT2D eigenvalue weighted by Gasteiger charge is -2.27. The zero-order chi connectivity index (χ0) is 14.5. The van der Waals surface area contributed by atoms with E-state index < -0.39 is 0 Å². The van der Waals surface area contributed by atoms with E-state index in [1.807, 2.05) is 17.4 Å². The number of aromatic nitrogens is 2. The van der Waals surface area contributed by atoms with Crippen LogP contribution in [0.1, 0.15) is 4.88 Å². The van der Waals surface area contributed by atoms with Gasteiger partial charge in [0.1, 0.15) is 18.0 Å². The first-order valence-electron chi connectivity index (χ1n) is 6.94. The highest BCUT2D eigenvalue weighted by Gasteiger charge is 2.12. The molecule has 1 N–H and O–H groups in total. The fraction of sp³-hybridized carbons (Fsp3) is 0.429. The molecule has 1 aliphatic heterocycles. The summed E-state index contributed by atoms with van der Waals surface area (Å²) in [6.07, 6.45) is 2.64. The van der Waals surface area contributed by atoms with Gasteiger partial charge in [-0.2, -0.15) is 0 Å². The van der Waals surface area contributed by atoms with E-state index in [1.165, 1.54) is 7.76 Å². The molecule has 1 saturated heterocycles. The van der Waals surface area contributed by atoms with E-state index in [1.54, 1.807) is 6.33 Å². The lowest BCUT2D eigenvalue weighted by molar-refractivity contribution is 0.122. The highest BCUT2D eigenvalue weighted by Crippen LogP contribution is 2.19. The molecule has 0 spiro atoms. The molecule has 5 nitrogen and oxygen atoms in total. The molecule has 2 aromatic heterocycles. The summed E-state index contributed by atoms with van der Waals surface area (Å²) >= 11 is 4.20. The third-order valence-electron chi connectivity index (χ3n) is 3.29. The lowest BCUT2D eigenvalue weighted by Crippen LogP contribution is -2.36. The molecule has 3 rings (SSSR count). The van der Waals surface area contributed by atoms with Crippen LogP contribution in [-0.4, -0.2) is 42.8 Å². The van der Waals surface area contributed by atoms with Crippen molar-refractivity contribution in [3.8, 4) is 0 Å². The number of nitrogens with one attached hydrogen (secondary N) is 1. The van der Waals surface area contributed by atoms with E-state index in [4.69, 9.17) is 4.74 Å². The summed E-state index contributed by atoms with van der Waals surface area (Å²) in [4.78, 5) is 12.3. The standard InChI is InChI=1S/C14H17IN4OS/c15-12-2-1-11(21-12)3-4-16-13-9-14(18-10-17-13)19-5-7-20-8-6-19/h1-2,9-10H,3-8H2,(H,16,17,18). The first kappa shape index (κ1) is 15.0. The van der Waals surface area contributed by atoms with Crippen LogP contribution in [0.3, 0.4) is 0 Å². The zero-order valence-electron chi connectivity index (χ0n) is 11.6. The summed E-state index contributed by atoms with van der Waals surface area (Å²) < 4.78 is 6.70. The summed E-state index contributed by atoms with van der Waals surface area (Å²) in [6.45, 7) is 4.21. The van der Waals surface area contributed by atoms with E-state index in [-0.39, 0.29) is 0 Å². The first-order valence-corrected chi connectivity index (χ1v) is 8.83. The molecule has 3 heterocycles. The topological polar surface area (TPSA) is 50.3 Å². The summed E-state index contributed by atoms with van der Waals surface area (Å²) in [6, 6.07) is 6.36. The number of ether oxygens (including phenoxy) is 1. The van der Waals surface area contributed by atoms with Gasteiger partial charge >= 0.3 is 0 Å². The highest BCUT2D eigenvalue weighted by atomic mass is 127. The molecule has 1 fully saturated rings. The minimum absolute atomic E-state index is 0.768. The Bertz CT molecular complexity index is 586. The zero-order valence-corrected chi connectivity index (χ0v) is 14.6. The monoisotopic (exact) mass is 416 g/mol. The summed E-state index contributed by atoms with van der Waals surface area (Å²) in [7, 11) is 0. The molecular formula is C14H17IN4OS. The number of rotatable bonds is 5. The Hall–Kier alpha value is -0.930. The number of morpholine rings is 1. The normalized spacial score (nSPS) is 15.2. The molecule has 0 bridgehead atoms. The molecule has 0 radical (unpaired) electrons. The van der Waals surface area contributed by atoms with Crippen LogP contribution in [0.2, 0.25) is 0 Å². The van der Waals surface area contributed by atoms with Crippen molar-refractivity contribution in [1.29, 1.82) is 0 Å². The quantitative estimate of drug-likeness (QED) is 0.760. The molecule has 0 aromatic carbocycles. The average Bonchev–Trinajstić information content (AvgIpc) is 2.94. The van der Waals surface area contributed by atoms with Crippen LogP contribution in [0.5, 0.6) is 0 Å². The molecule has 2 aromatic rings. The maximum Gasteiger partial charge on any atom is 0.134 e. The van der Waals surface area contributed by atoms with Crippen molar-refractivity contribution in [2.45, 2.75) is 6.42 Å². The van der Waals surface area contributed by atoms with Gasteiger partial charge in [-0.15, -0.1) is 11.3 Å². The van der Waals surface area contributed by atoms with Crippen LogP contribution < -0.4 is 10.2 Å². The summed E-state index contributed by atoms with van der Waals surface area (Å²) in [5.74, 6) is 1.86. The maximum absolute atomic E-state index is 5.37. The minimum atomic E-state index is 0.768. The molecule has 21 heavy (non-hydrogen) atoms. The van der Waals surface area contributed by atoms with Gasteiger partial charge in [0, 0.05) is 30.6 Å². The molecular weight excluding hydrogens is 399 g/mol. The summed E-state index contributed by atoms with van der Waals surface area (Å²) in [5, 5.41) is 3.38. The Morgan fingerprint density at radius 2 is 2.14 bits per heavy atom. The Balaban J connectivity index is 1.55. The van der Waals surface area contributed by atoms with Gasteiger partial charge in [0.05, 0.1) is 16.1 Å². The van der Waals surface area contributed by atoms with Crippen LogP contribution in [0.15, 0.2) is 24.5 Å². The number of hydrogen-bond donors (Lipinski definition) is 1. The molecule has 0 unspecified atom stereocenters. The van der Waals surface area contributed by atoms with Crippen molar-refractivity contribution in [3.05, 3.63) is 32.3 Å². The molecule has 0 aliphatic carbocycles. The van der Waals surface area contributed by atoms with Crippen LogP contribution in [0, 0.1) is 2.88 Å². The van der Waals surface area contributed by atoms with E-state index in [0.29, 0.717) is 0 Å². The number of nitrogens with zero attached hydrogens (tertiary/aromatic N) is 3. The third-order valence-corrected chi connectivity index (χ3v) is 5.25. The number of anilines is 2. The van der Waals surface area contributed by atoms with Gasteiger partial charge in [0.25, 0.3) is 0 Å². The number of hydrogen-bond acceptors (Lipinski definition) is 6. The SMILES string of the molecule is Ic1ccc(CCNc2cc(N3CCOCC3)ncn2)s1. The molecule has 0 amide bonds. The van der Waals surface area contributed by atoms with Gasteiger partial charge in [0.15, 0.2) is 0 Å². The molecule has 0 atom stereocenters. The van der Waals surface area contributed by atoms with E-state index in [2.05, 4.69) is 54.9 Å². The van der Waals surface area contributed by atoms with Crippen molar-refractivity contribution in [2.75, 3.05) is 43.1 Å². The smallest absolute Gasteiger partial charge is 0.134 e. The second-order valence-electron chi connectivity index (χ2n) is 4.74. The molecule has 1 aliphatic rings. The Morgan fingerprint density at radius 3 is 2.90 bits per heavy atom. The Kier molecular flexibility index (Phi) is 5.26. The van der Waals surface area contributed by atoms with Crippen molar-refractivity contribution in [3.63, 3.8) is 0 Å². The summed E-state index contributed by atoms with van der Waals surface area (Å²) in [5.41, 5.74) is 0. The number of thiophene rings is 1. The van der Waals surface area contributed by atoms with Crippen LogP contribution in [0.4, 0.5) is 11.6 Å². The van der Waals surface area contributed by atoms with E-state index in [9.17, 15) is 0 Å². The fourth-order valence-corrected chi connectivity index (χ4v) is 3.96. The Morgan fingerprint density at radius 1 is 1.29 bits per heavy atom. The molecule has 0 saturated carbocycles. The highest BCUT2D eigenvalue weighted by molar-refractivity contribution is 14.1. The average molecular weight is 416 g/mol. The van der Waals surface area contributed by atoms with Gasteiger partial charge in [-0.1, -0.05) is 0 Å². The van der Waals surface area contributed by atoms with Gasteiger partial charge in [-0.3, -0.25) is 0 Å². The maximum atomic E-state index is 5.37. The predicted molar refractivity (Wildman–Crippen MR) is 94.3 cm³/mol. The minimum Gasteiger partial charge on any atom is -0.378 e. The van der Waals surface area contributed by atoms with Crippen molar-refractivity contribution in [2.24, 2.45) is 0 Å². The third kappa shape index (κ3) is 4.27. The first-order chi connectivity index (χ1) is 10.3. The number of halogens is 1. The predicted octanol–water partition coefficient (Wildman–Crippen LogP) is 2.63. The van der Waals surface area contributed by atoms with Gasteiger partial charge in [0.2, 0.25) is 0 Å². The van der Waals surface area contributed by atoms with Crippen molar-refractivity contribution < 1.29 is 4.74 Å². The Labute approximate surface area is 141 Å². The van der Waals surface area contributed by atoms with Crippen molar-refractivity contribution >= 4 is 45.6 Å². The largest absolute Gasteiger partial charge is 0.378 e. The van der Waals surface area contributed by atoms with Crippen molar-refractivity contribution in [1.82, 2.24) is 9.97 Å². The van der Waals surface area contributed by atoms with E-state index in [0.717, 1.165) is 50.9 Å². The second kappa shape index (κ2) is 7.37. The molecule has 112 valence electrons. The van der Waals surface area contributed by atoms with E-state index >= 15 is 0 Å².